The first-order valence-corrected chi connectivity index (χ1v) is 26.2. The highest BCUT2D eigenvalue weighted by Gasteiger charge is 2.38. The zero-order chi connectivity index (χ0) is 56.5. The van der Waals surface area contributed by atoms with Gasteiger partial charge in [0.05, 0.1) is 12.2 Å². The summed E-state index contributed by atoms with van der Waals surface area (Å²) in [5.74, 6) is -9.83. The molecular weight excluding hydrogens is 981 g/mol. The number of aliphatic hydroxyl groups is 3. The van der Waals surface area contributed by atoms with Crippen LogP contribution in [0.15, 0.2) is 0 Å². The number of hydrogen-bond donors (Lipinski definition) is 17. The average molecular weight is 1070 g/mol. The number of aliphatic hydroxyl groups excluding tert-OH is 3. The topological polar surface area (TPSA) is 456 Å². The third-order valence-corrected chi connectivity index (χ3v) is 12.9. The summed E-state index contributed by atoms with van der Waals surface area (Å²) in [6, 6.07) is -13.1. The summed E-state index contributed by atoms with van der Waals surface area (Å²) >= 11 is 0. The van der Waals surface area contributed by atoms with Gasteiger partial charge in [-0.1, -0.05) is 47.0 Å². The lowest BCUT2D eigenvalue weighted by Crippen LogP contribution is -2.61. The molecule has 27 heteroatoms. The van der Waals surface area contributed by atoms with E-state index in [2.05, 4.69) is 53.2 Å². The molecule has 1 saturated heterocycles. The fourth-order valence-corrected chi connectivity index (χ4v) is 8.73. The first-order valence-electron chi connectivity index (χ1n) is 26.2. The van der Waals surface area contributed by atoms with Crippen molar-refractivity contribution in [1.29, 1.82) is 0 Å². The molecule has 0 radical (unpaired) electrons. The molecule has 10 amide bonds. The van der Waals surface area contributed by atoms with Gasteiger partial charge in [0.25, 0.3) is 0 Å². The summed E-state index contributed by atoms with van der Waals surface area (Å²) in [5.41, 5.74) is 23.4. The molecule has 0 aromatic rings. The standard InChI is InChI=1S/C48H88N14O13/c1-24(2)22-34-44(71)56-29(12-17-49)39(66)55-32(15-20-52)43(70)61-36(26(5)63)46(73)53-21-16-33(42(69)54-30(13-18-50)41(68)59-35(23-25(3)4)45(72)60-34)57-40(67)31(14-19-51)58-47(74)37(27(6)64)62-48(75)38(65)28-10-8-7-9-11-28/h24-38,63-65H,7-23,49-52H2,1-6H3,(H,53,73)(H,54,69)(H,55,66)(H,56,71)(H,57,67)(H,58,74)(H,59,68)(H,60,72)(H,61,70)(H,62,75)/t26?,27?,29-,30-,31-,32-,33-,34-,35+,36-,37-,38?/m0/s1. The predicted octanol–water partition coefficient (Wildman–Crippen LogP) is -5.94. The molecule has 2 aliphatic rings. The molecule has 1 aliphatic carbocycles. The smallest absolute Gasteiger partial charge is 0.249 e. The van der Waals surface area contributed by atoms with Gasteiger partial charge in [-0.2, -0.15) is 0 Å². The van der Waals surface area contributed by atoms with Crippen molar-refractivity contribution in [3.63, 3.8) is 0 Å². The summed E-state index contributed by atoms with van der Waals surface area (Å²) in [6.45, 7) is 8.57. The number of carbonyl (C=O) groups is 10. The van der Waals surface area contributed by atoms with Gasteiger partial charge in [-0.05, 0) is 116 Å². The Morgan fingerprint density at radius 3 is 1.40 bits per heavy atom. The van der Waals surface area contributed by atoms with E-state index in [9.17, 15) is 63.3 Å². The monoisotopic (exact) mass is 1070 g/mol. The number of rotatable bonds is 21. The third-order valence-electron chi connectivity index (χ3n) is 12.9. The van der Waals surface area contributed by atoms with Gasteiger partial charge < -0.3 is 91.4 Å². The molecule has 0 aromatic carbocycles. The largest absolute Gasteiger partial charge is 0.391 e. The first kappa shape index (κ1) is 65.5. The molecule has 1 saturated carbocycles. The van der Waals surface area contributed by atoms with Crippen LogP contribution in [0.2, 0.25) is 0 Å². The minimum atomic E-state index is -1.66. The Bertz CT molecular complexity index is 1900. The molecule has 2 rings (SSSR count). The van der Waals surface area contributed by atoms with E-state index in [4.69, 9.17) is 22.9 Å². The van der Waals surface area contributed by atoms with Crippen molar-refractivity contribution in [2.45, 2.75) is 191 Å². The number of carbonyl (C=O) groups excluding carboxylic acids is 10. The van der Waals surface area contributed by atoms with Crippen LogP contribution in [0.3, 0.4) is 0 Å². The van der Waals surface area contributed by atoms with Crippen molar-refractivity contribution in [1.82, 2.24) is 53.2 Å². The van der Waals surface area contributed by atoms with Crippen LogP contribution < -0.4 is 76.1 Å². The third kappa shape index (κ3) is 22.3. The van der Waals surface area contributed by atoms with E-state index in [1.807, 2.05) is 0 Å². The van der Waals surface area contributed by atoms with Gasteiger partial charge in [-0.25, -0.2) is 0 Å². The second-order valence-corrected chi connectivity index (χ2v) is 20.4. The molecule has 75 heavy (non-hydrogen) atoms. The Balaban J connectivity index is 2.65. The minimum absolute atomic E-state index is 0.0560. The van der Waals surface area contributed by atoms with Crippen LogP contribution in [-0.4, -0.2) is 180 Å². The maximum atomic E-state index is 14.3. The second kappa shape index (κ2) is 33.5. The van der Waals surface area contributed by atoms with Gasteiger partial charge >= 0.3 is 0 Å². The molecule has 0 spiro atoms. The van der Waals surface area contributed by atoms with Gasteiger partial charge in [-0.15, -0.1) is 0 Å². The summed E-state index contributed by atoms with van der Waals surface area (Å²) < 4.78 is 0. The van der Waals surface area contributed by atoms with Gasteiger partial charge in [-0.3, -0.25) is 47.9 Å². The Morgan fingerprint density at radius 1 is 0.533 bits per heavy atom. The van der Waals surface area contributed by atoms with E-state index in [1.165, 1.54) is 13.8 Å². The van der Waals surface area contributed by atoms with E-state index < -0.39 is 145 Å². The van der Waals surface area contributed by atoms with Crippen molar-refractivity contribution in [2.75, 3.05) is 32.7 Å². The van der Waals surface area contributed by atoms with Crippen LogP contribution in [0.4, 0.5) is 0 Å². The SMILES string of the molecule is CC(C)C[C@@H]1NC(=O)[C@@H](CC(C)C)NC(=O)[C@H](CCN)NC(=O)[C@@H](NC(=O)[C@H](CCN)NC(=O)[C@@H](NC(=O)C(O)C2CCCCC2)C(C)O)CCNC(=O)[C@H](C(C)O)NC(=O)[C@H](CCN)NC(=O)[C@H](CCN)NC1=O. The quantitative estimate of drug-likeness (QED) is 0.0509. The molecule has 27 nitrogen and oxygen atoms in total. The normalized spacial score (nSPS) is 25.6. The molecule has 1 aliphatic heterocycles. The second-order valence-electron chi connectivity index (χ2n) is 20.4. The Labute approximate surface area is 439 Å². The van der Waals surface area contributed by atoms with E-state index in [1.54, 1.807) is 27.7 Å². The van der Waals surface area contributed by atoms with Gasteiger partial charge in [0.15, 0.2) is 0 Å². The van der Waals surface area contributed by atoms with Crippen LogP contribution in [0, 0.1) is 17.8 Å². The molecule has 21 N–H and O–H groups in total. The van der Waals surface area contributed by atoms with Crippen molar-refractivity contribution in [3.05, 3.63) is 0 Å². The lowest BCUT2D eigenvalue weighted by atomic mass is 9.85. The summed E-state index contributed by atoms with van der Waals surface area (Å²) in [4.78, 5) is 139. The Hall–Kier alpha value is -5.58. The van der Waals surface area contributed by atoms with E-state index >= 15 is 0 Å². The fraction of sp³-hybridized carbons (Fsp3) is 0.792. The van der Waals surface area contributed by atoms with Gasteiger partial charge in [0, 0.05) is 6.54 Å². The summed E-state index contributed by atoms with van der Waals surface area (Å²) in [5, 5.41) is 57.3. The number of nitrogens with two attached hydrogens (primary N) is 4. The van der Waals surface area contributed by atoms with Crippen molar-refractivity contribution >= 4 is 59.1 Å². The molecule has 0 bridgehead atoms. The van der Waals surface area contributed by atoms with Gasteiger partial charge in [0.2, 0.25) is 59.1 Å². The lowest BCUT2D eigenvalue weighted by Gasteiger charge is -2.29. The van der Waals surface area contributed by atoms with Crippen molar-refractivity contribution in [2.24, 2.45) is 40.7 Å². The molecular formula is C48H88N14O13. The first-order chi connectivity index (χ1) is 35.4. The van der Waals surface area contributed by atoms with Crippen LogP contribution in [0.5, 0.6) is 0 Å². The highest BCUT2D eigenvalue weighted by molar-refractivity contribution is 5.99. The zero-order valence-corrected chi connectivity index (χ0v) is 44.4. The van der Waals surface area contributed by atoms with E-state index in [0.29, 0.717) is 12.8 Å². The van der Waals surface area contributed by atoms with Crippen LogP contribution >= 0.6 is 0 Å². The minimum Gasteiger partial charge on any atom is -0.391 e. The maximum Gasteiger partial charge on any atom is 0.249 e. The number of hydrogen-bond acceptors (Lipinski definition) is 17. The zero-order valence-electron chi connectivity index (χ0n) is 44.4. The lowest BCUT2D eigenvalue weighted by molar-refractivity contribution is -0.139. The molecule has 12 atom stereocenters. The molecule has 0 aromatic heterocycles. The van der Waals surface area contributed by atoms with Crippen LogP contribution in [-0.2, 0) is 47.9 Å². The summed E-state index contributed by atoms with van der Waals surface area (Å²) in [7, 11) is 0. The van der Waals surface area contributed by atoms with E-state index in [0.717, 1.165) is 19.3 Å². The Morgan fingerprint density at radius 2 is 0.973 bits per heavy atom. The fourth-order valence-electron chi connectivity index (χ4n) is 8.73. The van der Waals surface area contributed by atoms with Gasteiger partial charge in [0.1, 0.15) is 60.5 Å². The maximum absolute atomic E-state index is 14.3. The molecule has 1 heterocycles. The number of nitrogens with one attached hydrogen (secondary N) is 10. The Kier molecular flexibility index (Phi) is 29.2. The molecule has 428 valence electrons. The van der Waals surface area contributed by atoms with Crippen molar-refractivity contribution < 1.29 is 63.3 Å². The number of amides is 10. The predicted molar refractivity (Wildman–Crippen MR) is 275 cm³/mol. The highest BCUT2D eigenvalue weighted by Crippen LogP contribution is 2.26. The van der Waals surface area contributed by atoms with Crippen LogP contribution in [0.25, 0.3) is 0 Å². The molecule has 3 unspecified atom stereocenters. The average Bonchev–Trinajstić information content (AvgIpc) is 3.34. The summed E-state index contributed by atoms with van der Waals surface area (Å²) in [6.07, 6.45) is -1.74. The van der Waals surface area contributed by atoms with Crippen LogP contribution in [0.1, 0.15) is 119 Å². The molecule has 2 fully saturated rings. The highest BCUT2D eigenvalue weighted by atomic mass is 16.3. The van der Waals surface area contributed by atoms with E-state index in [-0.39, 0.29) is 82.5 Å². The van der Waals surface area contributed by atoms with Crippen molar-refractivity contribution in [3.8, 4) is 0 Å².